The maximum Gasteiger partial charge on any atom is 0.250 e. The van der Waals surface area contributed by atoms with Gasteiger partial charge in [-0.3, -0.25) is 14.2 Å². The number of aromatic nitrogens is 4. The zero-order chi connectivity index (χ0) is 18.0. The van der Waals surface area contributed by atoms with Crippen LogP contribution in [0.15, 0.2) is 42.7 Å². The van der Waals surface area contributed by atoms with Crippen molar-refractivity contribution in [2.45, 2.75) is 26.4 Å². The number of hydrogen-bond acceptors (Lipinski definition) is 3. The fourth-order valence-corrected chi connectivity index (χ4v) is 2.66. The van der Waals surface area contributed by atoms with Gasteiger partial charge in [0.25, 0.3) is 0 Å². The summed E-state index contributed by atoms with van der Waals surface area (Å²) < 4.78 is 3.25. The Hall–Kier alpha value is -2.31. The summed E-state index contributed by atoms with van der Waals surface area (Å²) >= 11 is 12.1. The van der Waals surface area contributed by atoms with Crippen molar-refractivity contribution < 1.29 is 4.79 Å². The molecule has 0 saturated carbocycles. The van der Waals surface area contributed by atoms with Gasteiger partial charge in [0.2, 0.25) is 5.91 Å². The van der Waals surface area contributed by atoms with Crippen LogP contribution in [0.3, 0.4) is 0 Å². The minimum Gasteiger partial charge on any atom is -0.307 e. The van der Waals surface area contributed by atoms with Crippen molar-refractivity contribution in [3.8, 4) is 0 Å². The molecule has 1 unspecified atom stereocenters. The Morgan fingerprint density at radius 2 is 1.96 bits per heavy atom. The van der Waals surface area contributed by atoms with Gasteiger partial charge in [0.1, 0.15) is 6.04 Å². The summed E-state index contributed by atoms with van der Waals surface area (Å²) in [4.78, 5) is 12.4. The summed E-state index contributed by atoms with van der Waals surface area (Å²) in [6.45, 7) is 4.07. The summed E-state index contributed by atoms with van der Waals surface area (Å²) in [6.07, 6.45) is 3.43. The molecule has 0 spiro atoms. The first-order valence-electron chi connectivity index (χ1n) is 7.73. The molecule has 0 aliphatic carbocycles. The van der Waals surface area contributed by atoms with Crippen molar-refractivity contribution >= 4 is 34.9 Å². The highest BCUT2D eigenvalue weighted by atomic mass is 35.5. The Morgan fingerprint density at radius 1 is 1.20 bits per heavy atom. The van der Waals surface area contributed by atoms with Gasteiger partial charge in [0.15, 0.2) is 5.82 Å². The zero-order valence-corrected chi connectivity index (χ0v) is 15.3. The van der Waals surface area contributed by atoms with Crippen molar-refractivity contribution in [2.75, 3.05) is 5.32 Å². The number of carbonyl (C=O) groups is 1. The lowest BCUT2D eigenvalue weighted by molar-refractivity contribution is -0.119. The number of rotatable bonds is 5. The lowest BCUT2D eigenvalue weighted by Crippen LogP contribution is -2.24. The number of nitrogens with one attached hydrogen (secondary N) is 1. The number of halogens is 2. The van der Waals surface area contributed by atoms with E-state index in [1.807, 2.05) is 24.3 Å². The second-order valence-corrected chi connectivity index (χ2v) is 6.51. The van der Waals surface area contributed by atoms with Crippen LogP contribution in [0.25, 0.3) is 0 Å². The molecule has 2 aromatic heterocycles. The third-order valence-electron chi connectivity index (χ3n) is 3.82. The topological polar surface area (TPSA) is 64.7 Å². The molecule has 130 valence electrons. The van der Waals surface area contributed by atoms with E-state index < -0.39 is 6.04 Å². The molecule has 2 heterocycles. The lowest BCUT2D eigenvalue weighted by atomic mass is 10.2. The molecule has 3 rings (SSSR count). The van der Waals surface area contributed by atoms with Gasteiger partial charge >= 0.3 is 0 Å². The van der Waals surface area contributed by atoms with Gasteiger partial charge in [-0.25, -0.2) is 0 Å². The number of carbonyl (C=O) groups excluding carboxylic acids is 1. The van der Waals surface area contributed by atoms with E-state index in [4.69, 9.17) is 23.2 Å². The molecule has 25 heavy (non-hydrogen) atoms. The summed E-state index contributed by atoms with van der Waals surface area (Å²) in [7, 11) is 0. The third kappa shape index (κ3) is 4.03. The Labute approximate surface area is 155 Å². The highest BCUT2D eigenvalue weighted by Crippen LogP contribution is 2.18. The van der Waals surface area contributed by atoms with Gasteiger partial charge in [0.05, 0.1) is 17.3 Å². The third-order valence-corrected chi connectivity index (χ3v) is 4.55. The van der Waals surface area contributed by atoms with Crippen LogP contribution >= 0.6 is 23.2 Å². The molecule has 0 aliphatic heterocycles. The normalized spacial score (nSPS) is 12.2. The first-order chi connectivity index (χ1) is 11.9. The summed E-state index contributed by atoms with van der Waals surface area (Å²) in [6, 6.07) is 8.82. The number of amides is 1. The average Bonchev–Trinajstić information content (AvgIpc) is 3.15. The summed E-state index contributed by atoms with van der Waals surface area (Å²) in [5.74, 6) is 0.251. The van der Waals surface area contributed by atoms with Gasteiger partial charge in [0, 0.05) is 23.5 Å². The second-order valence-electron chi connectivity index (χ2n) is 5.70. The van der Waals surface area contributed by atoms with Gasteiger partial charge in [-0.05, 0) is 25.5 Å². The van der Waals surface area contributed by atoms with E-state index in [9.17, 15) is 4.79 Å². The predicted octanol–water partition coefficient (Wildman–Crippen LogP) is 3.94. The first-order valence-corrected chi connectivity index (χ1v) is 8.48. The highest BCUT2D eigenvalue weighted by molar-refractivity contribution is 6.31. The van der Waals surface area contributed by atoms with Crippen LogP contribution in [0, 0.1) is 6.92 Å². The fraction of sp³-hybridized carbons (Fsp3) is 0.235. The standard InChI is InChI=1S/C17H17Cl2N5O/c1-11-15(19)10-24(21-11)12(2)17(25)20-16-7-8-23(22-16)9-13-5-3-4-6-14(13)18/h3-8,10,12H,9H2,1-2H3,(H,20,22,25). The minimum atomic E-state index is -0.500. The molecule has 1 N–H and O–H groups in total. The summed E-state index contributed by atoms with van der Waals surface area (Å²) in [5.41, 5.74) is 1.64. The maximum absolute atomic E-state index is 12.4. The number of hydrogen-bond donors (Lipinski definition) is 1. The molecule has 0 saturated heterocycles. The largest absolute Gasteiger partial charge is 0.307 e. The van der Waals surface area contributed by atoms with Gasteiger partial charge in [-0.2, -0.15) is 10.2 Å². The molecule has 1 atom stereocenters. The van der Waals surface area contributed by atoms with E-state index in [1.54, 1.807) is 37.0 Å². The zero-order valence-electron chi connectivity index (χ0n) is 13.8. The quantitative estimate of drug-likeness (QED) is 0.731. The number of anilines is 1. The average molecular weight is 378 g/mol. The van der Waals surface area contributed by atoms with Crippen molar-refractivity contribution in [3.05, 3.63) is 64.0 Å². The molecule has 0 radical (unpaired) electrons. The van der Waals surface area contributed by atoms with Crippen LogP contribution in [0.5, 0.6) is 0 Å². The van der Waals surface area contributed by atoms with Crippen LogP contribution in [0.4, 0.5) is 5.82 Å². The number of aryl methyl sites for hydroxylation is 1. The van der Waals surface area contributed by atoms with Gasteiger partial charge < -0.3 is 5.32 Å². The van der Waals surface area contributed by atoms with Crippen molar-refractivity contribution in [1.29, 1.82) is 0 Å². The predicted molar refractivity (Wildman–Crippen MR) is 98.1 cm³/mol. The fourth-order valence-electron chi connectivity index (χ4n) is 2.33. The molecule has 0 fully saturated rings. The molecule has 0 bridgehead atoms. The SMILES string of the molecule is Cc1nn(C(C)C(=O)Nc2ccn(Cc3ccccc3Cl)n2)cc1Cl. The monoisotopic (exact) mass is 377 g/mol. The van der Waals surface area contributed by atoms with E-state index in [0.717, 1.165) is 5.56 Å². The maximum atomic E-state index is 12.4. The van der Waals surface area contributed by atoms with Crippen LogP contribution in [-0.4, -0.2) is 25.5 Å². The molecule has 3 aromatic rings. The molecule has 0 aliphatic rings. The Bertz CT molecular complexity index is 883. The number of nitrogens with zero attached hydrogens (tertiary/aromatic N) is 4. The molecule has 1 aromatic carbocycles. The molecule has 6 nitrogen and oxygen atoms in total. The van der Waals surface area contributed by atoms with Crippen LogP contribution < -0.4 is 5.32 Å². The lowest BCUT2D eigenvalue weighted by Gasteiger charge is -2.11. The van der Waals surface area contributed by atoms with E-state index in [2.05, 4.69) is 15.5 Å². The van der Waals surface area contributed by atoms with Crippen LogP contribution in [0.1, 0.15) is 24.2 Å². The van der Waals surface area contributed by atoms with E-state index in [0.29, 0.717) is 28.1 Å². The summed E-state index contributed by atoms with van der Waals surface area (Å²) in [5, 5.41) is 12.6. The Morgan fingerprint density at radius 3 is 2.64 bits per heavy atom. The number of benzene rings is 1. The van der Waals surface area contributed by atoms with Crippen molar-refractivity contribution in [3.63, 3.8) is 0 Å². The van der Waals surface area contributed by atoms with Gasteiger partial charge in [-0.15, -0.1) is 0 Å². The van der Waals surface area contributed by atoms with E-state index >= 15 is 0 Å². The van der Waals surface area contributed by atoms with Crippen molar-refractivity contribution in [1.82, 2.24) is 19.6 Å². The molecule has 1 amide bonds. The van der Waals surface area contributed by atoms with Crippen molar-refractivity contribution in [2.24, 2.45) is 0 Å². The molecular weight excluding hydrogens is 361 g/mol. The minimum absolute atomic E-state index is 0.220. The van der Waals surface area contributed by atoms with Gasteiger partial charge in [-0.1, -0.05) is 41.4 Å². The molecular formula is C17H17Cl2N5O. The first kappa shape index (κ1) is 17.5. The van der Waals surface area contributed by atoms with Crippen LogP contribution in [-0.2, 0) is 11.3 Å². The van der Waals surface area contributed by atoms with E-state index in [-0.39, 0.29) is 5.91 Å². The smallest absolute Gasteiger partial charge is 0.250 e. The highest BCUT2D eigenvalue weighted by Gasteiger charge is 2.18. The molecule has 8 heteroatoms. The Kier molecular flexibility index (Phi) is 5.11. The van der Waals surface area contributed by atoms with Crippen LogP contribution in [0.2, 0.25) is 10.0 Å². The van der Waals surface area contributed by atoms with E-state index in [1.165, 1.54) is 4.68 Å². The second kappa shape index (κ2) is 7.29. The Balaban J connectivity index is 1.66.